The summed E-state index contributed by atoms with van der Waals surface area (Å²) in [4.78, 5) is 27.7. The lowest BCUT2D eigenvalue weighted by atomic mass is 10.1. The van der Waals surface area contributed by atoms with E-state index < -0.39 is 12.0 Å². The van der Waals surface area contributed by atoms with Gasteiger partial charge in [0.2, 0.25) is 5.91 Å². The van der Waals surface area contributed by atoms with Gasteiger partial charge in [-0.25, -0.2) is 9.78 Å². The van der Waals surface area contributed by atoms with Gasteiger partial charge in [-0.15, -0.1) is 11.3 Å². The third-order valence-electron chi connectivity index (χ3n) is 3.26. The number of aromatic nitrogens is 1. The summed E-state index contributed by atoms with van der Waals surface area (Å²) >= 11 is 4.88. The Hall–Kier alpha value is -1.73. The minimum atomic E-state index is -1.07. The monoisotopic (exact) mass is 396 g/mol. The summed E-state index contributed by atoms with van der Waals surface area (Å²) < 4.78 is 0.857. The number of benzene rings is 1. The van der Waals surface area contributed by atoms with Crippen molar-refractivity contribution in [2.24, 2.45) is 0 Å². The predicted molar refractivity (Wildman–Crippen MR) is 92.5 cm³/mol. The summed E-state index contributed by atoms with van der Waals surface area (Å²) in [5.41, 5.74) is 1.52. The van der Waals surface area contributed by atoms with Gasteiger partial charge in [-0.2, -0.15) is 0 Å². The van der Waals surface area contributed by atoms with Crippen molar-refractivity contribution in [1.82, 2.24) is 10.3 Å². The molecule has 0 fully saturated rings. The van der Waals surface area contributed by atoms with Gasteiger partial charge >= 0.3 is 5.97 Å². The summed E-state index contributed by atoms with van der Waals surface area (Å²) in [5, 5.41) is 14.9. The van der Waals surface area contributed by atoms with E-state index in [0.717, 1.165) is 15.2 Å². The quantitative estimate of drug-likeness (QED) is 0.750. The second kappa shape index (κ2) is 8.21. The Bertz CT molecular complexity index is 685. The fourth-order valence-corrected chi connectivity index (χ4v) is 3.04. The molecule has 122 valence electrons. The Morgan fingerprint density at radius 3 is 2.61 bits per heavy atom. The number of rotatable bonds is 7. The molecule has 2 N–H and O–H groups in total. The van der Waals surface area contributed by atoms with Crippen LogP contribution in [-0.4, -0.2) is 22.0 Å². The number of thiazole rings is 1. The highest BCUT2D eigenvalue weighted by atomic mass is 79.9. The average molecular weight is 397 g/mol. The molecule has 0 aliphatic rings. The van der Waals surface area contributed by atoms with Crippen molar-refractivity contribution in [2.75, 3.05) is 0 Å². The van der Waals surface area contributed by atoms with Crippen LogP contribution in [0.15, 0.2) is 34.1 Å². The van der Waals surface area contributed by atoms with E-state index >= 15 is 0 Å². The maximum Gasteiger partial charge on any atom is 0.330 e. The molecule has 1 atom stereocenters. The van der Waals surface area contributed by atoms with E-state index in [4.69, 9.17) is 0 Å². The van der Waals surface area contributed by atoms with Crippen molar-refractivity contribution in [3.05, 3.63) is 50.4 Å². The number of carboxylic acid groups (broad SMARTS) is 1. The topological polar surface area (TPSA) is 79.3 Å². The summed E-state index contributed by atoms with van der Waals surface area (Å²) in [6, 6.07) is 5.84. The Labute approximate surface area is 146 Å². The van der Waals surface area contributed by atoms with Gasteiger partial charge in [0.05, 0.1) is 10.7 Å². The molecule has 23 heavy (non-hydrogen) atoms. The maximum absolute atomic E-state index is 12.0. The van der Waals surface area contributed by atoms with Crippen molar-refractivity contribution in [2.45, 2.75) is 32.2 Å². The van der Waals surface area contributed by atoms with Gasteiger partial charge in [-0.3, -0.25) is 4.79 Å². The second-order valence-corrected chi connectivity index (χ2v) is 7.08. The van der Waals surface area contributed by atoms with Crippen LogP contribution < -0.4 is 5.32 Å². The molecule has 1 aromatic heterocycles. The molecule has 0 spiro atoms. The lowest BCUT2D eigenvalue weighted by Gasteiger charge is -2.15. The highest BCUT2D eigenvalue weighted by molar-refractivity contribution is 9.10. The molecule has 2 aromatic rings. The normalized spacial score (nSPS) is 11.9. The third-order valence-corrected chi connectivity index (χ3v) is 4.61. The van der Waals surface area contributed by atoms with Crippen LogP contribution in [0, 0.1) is 6.92 Å². The van der Waals surface area contributed by atoms with E-state index in [1.807, 2.05) is 12.3 Å². The molecule has 0 saturated carbocycles. The number of aryl methyl sites for hydroxylation is 2. The van der Waals surface area contributed by atoms with Crippen LogP contribution in [0.1, 0.15) is 35.1 Å². The van der Waals surface area contributed by atoms with Crippen LogP contribution in [0.25, 0.3) is 0 Å². The van der Waals surface area contributed by atoms with Gasteiger partial charge in [0.25, 0.3) is 0 Å². The smallest absolute Gasteiger partial charge is 0.330 e. The lowest BCUT2D eigenvalue weighted by molar-refractivity contribution is -0.142. The maximum atomic E-state index is 12.0. The minimum absolute atomic E-state index is 0.271. The SMILES string of the molecule is Cc1nc(CCCC(=O)NC(C(=O)O)c2ccc(Br)cc2)cs1. The van der Waals surface area contributed by atoms with Crippen LogP contribution in [0.3, 0.4) is 0 Å². The second-order valence-electron chi connectivity index (χ2n) is 5.10. The van der Waals surface area contributed by atoms with Gasteiger partial charge < -0.3 is 10.4 Å². The van der Waals surface area contributed by atoms with E-state index in [2.05, 4.69) is 26.2 Å². The van der Waals surface area contributed by atoms with Gasteiger partial charge in [0.1, 0.15) is 0 Å². The van der Waals surface area contributed by atoms with E-state index in [1.54, 1.807) is 35.6 Å². The first kappa shape index (κ1) is 17.6. The van der Waals surface area contributed by atoms with E-state index in [9.17, 15) is 14.7 Å². The number of nitrogens with one attached hydrogen (secondary N) is 1. The highest BCUT2D eigenvalue weighted by Gasteiger charge is 2.21. The van der Waals surface area contributed by atoms with Gasteiger partial charge in [0.15, 0.2) is 6.04 Å². The molecule has 0 aliphatic carbocycles. The number of aliphatic carboxylic acids is 1. The summed E-state index contributed by atoms with van der Waals surface area (Å²) in [6.45, 7) is 1.94. The average Bonchev–Trinajstić information content (AvgIpc) is 2.91. The molecule has 1 aromatic carbocycles. The molecule has 2 rings (SSSR count). The largest absolute Gasteiger partial charge is 0.479 e. The lowest BCUT2D eigenvalue weighted by Crippen LogP contribution is -2.33. The van der Waals surface area contributed by atoms with Crippen molar-refractivity contribution < 1.29 is 14.7 Å². The van der Waals surface area contributed by atoms with E-state index in [0.29, 0.717) is 18.4 Å². The van der Waals surface area contributed by atoms with Gasteiger partial charge in [-0.05, 0) is 37.5 Å². The number of hydrogen-bond acceptors (Lipinski definition) is 4. The number of amides is 1. The number of nitrogens with zero attached hydrogens (tertiary/aromatic N) is 1. The van der Waals surface area contributed by atoms with Crippen molar-refractivity contribution >= 4 is 39.1 Å². The number of halogens is 1. The highest BCUT2D eigenvalue weighted by Crippen LogP contribution is 2.18. The fraction of sp³-hybridized carbons (Fsp3) is 0.312. The molecule has 5 nitrogen and oxygen atoms in total. The van der Waals surface area contributed by atoms with Gasteiger partial charge in [-0.1, -0.05) is 28.1 Å². The molecule has 1 unspecified atom stereocenters. The standard InChI is InChI=1S/C16H17BrN2O3S/c1-10-18-13(9-23-10)3-2-4-14(20)19-15(16(21)22)11-5-7-12(17)8-6-11/h5-9,15H,2-4H2,1H3,(H,19,20)(H,21,22). The van der Waals surface area contributed by atoms with Crippen LogP contribution in [0.5, 0.6) is 0 Å². The Morgan fingerprint density at radius 2 is 2.04 bits per heavy atom. The number of carbonyl (C=O) groups excluding carboxylic acids is 1. The zero-order valence-corrected chi connectivity index (χ0v) is 15.0. The Morgan fingerprint density at radius 1 is 1.35 bits per heavy atom. The first-order valence-corrected chi connectivity index (χ1v) is 8.81. The zero-order chi connectivity index (χ0) is 16.8. The van der Waals surface area contributed by atoms with E-state index in [-0.39, 0.29) is 12.3 Å². The number of hydrogen-bond donors (Lipinski definition) is 2. The predicted octanol–water partition coefficient (Wildman–Crippen LogP) is 3.48. The molecular formula is C16H17BrN2O3S. The van der Waals surface area contributed by atoms with Crippen molar-refractivity contribution in [3.8, 4) is 0 Å². The zero-order valence-electron chi connectivity index (χ0n) is 12.6. The summed E-state index contributed by atoms with van der Waals surface area (Å²) in [7, 11) is 0. The summed E-state index contributed by atoms with van der Waals surface area (Å²) in [5.74, 6) is -1.34. The Balaban J connectivity index is 1.88. The number of carbonyl (C=O) groups is 2. The summed E-state index contributed by atoms with van der Waals surface area (Å²) in [6.07, 6.45) is 1.63. The molecular weight excluding hydrogens is 380 g/mol. The van der Waals surface area contributed by atoms with Gasteiger partial charge in [0, 0.05) is 16.3 Å². The molecule has 7 heteroatoms. The van der Waals surface area contributed by atoms with Crippen LogP contribution in [-0.2, 0) is 16.0 Å². The minimum Gasteiger partial charge on any atom is -0.479 e. The molecule has 0 radical (unpaired) electrons. The van der Waals surface area contributed by atoms with Crippen molar-refractivity contribution in [1.29, 1.82) is 0 Å². The third kappa shape index (κ3) is 5.44. The first-order chi connectivity index (χ1) is 11.0. The Kier molecular flexibility index (Phi) is 6.29. The molecule has 0 aliphatic heterocycles. The van der Waals surface area contributed by atoms with Crippen LogP contribution in [0.2, 0.25) is 0 Å². The molecule has 1 amide bonds. The molecule has 0 saturated heterocycles. The van der Waals surface area contributed by atoms with Crippen LogP contribution in [0.4, 0.5) is 0 Å². The molecule has 0 bridgehead atoms. The van der Waals surface area contributed by atoms with Crippen molar-refractivity contribution in [3.63, 3.8) is 0 Å². The van der Waals surface area contributed by atoms with Crippen LogP contribution >= 0.6 is 27.3 Å². The molecule has 1 heterocycles. The first-order valence-electron chi connectivity index (χ1n) is 7.14. The van der Waals surface area contributed by atoms with E-state index in [1.165, 1.54) is 0 Å². The number of carboxylic acids is 1. The fourth-order valence-electron chi connectivity index (χ4n) is 2.13.